The van der Waals surface area contributed by atoms with Crippen molar-refractivity contribution in [1.29, 1.82) is 0 Å². The molecule has 1 atom stereocenters. The third kappa shape index (κ3) is 2.64. The van der Waals surface area contributed by atoms with E-state index in [-0.39, 0.29) is 0 Å². The molecule has 1 unspecified atom stereocenters. The van der Waals surface area contributed by atoms with E-state index in [0.717, 1.165) is 6.07 Å². The SMILES string of the molecule is Cn1cc(C(N)C(=O)Nc2ccc(F)c(F)c2F)cn1. The zero-order chi connectivity index (χ0) is 14.9. The summed E-state index contributed by atoms with van der Waals surface area (Å²) in [7, 11) is 1.64. The standard InChI is InChI=1S/C12H11F3N4O/c1-19-5-6(4-17-19)11(16)12(20)18-8-3-2-7(13)9(14)10(8)15/h2-5,11H,16H2,1H3,(H,18,20). The van der Waals surface area contributed by atoms with Gasteiger partial charge >= 0.3 is 0 Å². The number of aryl methyl sites for hydroxylation is 1. The molecule has 3 N–H and O–H groups in total. The van der Waals surface area contributed by atoms with Crippen molar-refractivity contribution in [3.8, 4) is 0 Å². The number of carbonyl (C=O) groups excluding carboxylic acids is 1. The number of rotatable bonds is 3. The first-order valence-corrected chi connectivity index (χ1v) is 5.58. The summed E-state index contributed by atoms with van der Waals surface area (Å²) in [5.41, 5.74) is 5.59. The minimum absolute atomic E-state index is 0.410. The van der Waals surface area contributed by atoms with Crippen molar-refractivity contribution in [3.05, 3.63) is 47.5 Å². The number of amides is 1. The highest BCUT2D eigenvalue weighted by Crippen LogP contribution is 2.21. The monoisotopic (exact) mass is 284 g/mol. The number of aromatic nitrogens is 2. The van der Waals surface area contributed by atoms with Crippen LogP contribution < -0.4 is 11.1 Å². The second-order valence-corrected chi connectivity index (χ2v) is 4.14. The summed E-state index contributed by atoms with van der Waals surface area (Å²) in [6, 6.07) is 0.529. The molecule has 2 aromatic rings. The number of nitrogens with one attached hydrogen (secondary N) is 1. The fraction of sp³-hybridized carbons (Fsp3) is 0.167. The first-order valence-electron chi connectivity index (χ1n) is 5.58. The van der Waals surface area contributed by atoms with Crippen LogP contribution in [0.1, 0.15) is 11.6 Å². The number of hydrogen-bond acceptors (Lipinski definition) is 3. The second kappa shape index (κ2) is 5.33. The minimum atomic E-state index is -1.65. The third-order valence-corrected chi connectivity index (χ3v) is 2.66. The molecule has 106 valence electrons. The van der Waals surface area contributed by atoms with E-state index in [9.17, 15) is 18.0 Å². The van der Waals surface area contributed by atoms with Gasteiger partial charge in [-0.25, -0.2) is 13.2 Å². The first-order chi connectivity index (χ1) is 9.40. The molecule has 2 rings (SSSR count). The van der Waals surface area contributed by atoms with Crippen LogP contribution in [0, 0.1) is 17.5 Å². The van der Waals surface area contributed by atoms with Crippen molar-refractivity contribution >= 4 is 11.6 Å². The molecule has 0 bridgehead atoms. The molecule has 1 heterocycles. The summed E-state index contributed by atoms with van der Waals surface area (Å²) < 4.78 is 40.6. The molecule has 0 aliphatic carbocycles. The van der Waals surface area contributed by atoms with E-state index >= 15 is 0 Å². The van der Waals surface area contributed by atoms with Gasteiger partial charge in [-0.1, -0.05) is 0 Å². The Morgan fingerprint density at radius 2 is 2.05 bits per heavy atom. The molecule has 1 aromatic carbocycles. The summed E-state index contributed by atoms with van der Waals surface area (Å²) >= 11 is 0. The maximum Gasteiger partial charge on any atom is 0.246 e. The highest BCUT2D eigenvalue weighted by Gasteiger charge is 2.20. The summed E-state index contributed by atoms with van der Waals surface area (Å²) in [6.07, 6.45) is 2.90. The van der Waals surface area contributed by atoms with Crippen LogP contribution in [0.4, 0.5) is 18.9 Å². The molecule has 1 amide bonds. The van der Waals surface area contributed by atoms with Gasteiger partial charge in [0.25, 0.3) is 0 Å². The fourth-order valence-corrected chi connectivity index (χ4v) is 1.59. The van der Waals surface area contributed by atoms with Crippen molar-refractivity contribution in [2.75, 3.05) is 5.32 Å². The van der Waals surface area contributed by atoms with Crippen LogP contribution >= 0.6 is 0 Å². The molecule has 1 aromatic heterocycles. The highest BCUT2D eigenvalue weighted by molar-refractivity contribution is 5.95. The van der Waals surface area contributed by atoms with Crippen LogP contribution in [0.5, 0.6) is 0 Å². The van der Waals surface area contributed by atoms with Gasteiger partial charge in [0.2, 0.25) is 5.91 Å². The number of benzene rings is 1. The zero-order valence-electron chi connectivity index (χ0n) is 10.4. The maximum absolute atomic E-state index is 13.4. The second-order valence-electron chi connectivity index (χ2n) is 4.14. The Bertz CT molecular complexity index is 656. The Morgan fingerprint density at radius 1 is 1.35 bits per heavy atom. The third-order valence-electron chi connectivity index (χ3n) is 2.66. The van der Waals surface area contributed by atoms with Gasteiger partial charge in [0, 0.05) is 18.8 Å². The van der Waals surface area contributed by atoms with Gasteiger partial charge in [-0.05, 0) is 12.1 Å². The Balaban J connectivity index is 2.18. The number of anilines is 1. The van der Waals surface area contributed by atoms with Crippen LogP contribution in [-0.4, -0.2) is 15.7 Å². The minimum Gasteiger partial charge on any atom is -0.322 e. The van der Waals surface area contributed by atoms with Gasteiger partial charge < -0.3 is 11.1 Å². The molecule has 0 aliphatic heterocycles. The summed E-state index contributed by atoms with van der Waals surface area (Å²) in [5, 5.41) is 5.95. The first kappa shape index (κ1) is 14.1. The molecule has 0 aliphatic rings. The van der Waals surface area contributed by atoms with E-state index in [4.69, 9.17) is 5.73 Å². The van der Waals surface area contributed by atoms with Gasteiger partial charge in [-0.3, -0.25) is 9.48 Å². The van der Waals surface area contributed by atoms with Crippen molar-refractivity contribution in [2.24, 2.45) is 12.8 Å². The quantitative estimate of drug-likeness (QED) is 0.838. The number of halogens is 3. The number of nitrogens with zero attached hydrogens (tertiary/aromatic N) is 2. The average molecular weight is 284 g/mol. The van der Waals surface area contributed by atoms with E-state index in [2.05, 4.69) is 10.4 Å². The normalized spacial score (nSPS) is 12.2. The van der Waals surface area contributed by atoms with Crippen LogP contribution in [0.2, 0.25) is 0 Å². The summed E-state index contributed by atoms with van der Waals surface area (Å²) in [5.74, 6) is -5.23. The molecular formula is C12H11F3N4O. The largest absolute Gasteiger partial charge is 0.322 e. The lowest BCUT2D eigenvalue weighted by atomic mass is 10.1. The van der Waals surface area contributed by atoms with E-state index in [1.807, 2.05) is 0 Å². The predicted molar refractivity (Wildman–Crippen MR) is 65.1 cm³/mol. The van der Waals surface area contributed by atoms with Crippen LogP contribution in [0.25, 0.3) is 0 Å². The number of hydrogen-bond donors (Lipinski definition) is 2. The van der Waals surface area contributed by atoms with Crippen LogP contribution in [0.15, 0.2) is 24.5 Å². The molecule has 20 heavy (non-hydrogen) atoms. The highest BCUT2D eigenvalue weighted by atomic mass is 19.2. The number of nitrogens with two attached hydrogens (primary N) is 1. The lowest BCUT2D eigenvalue weighted by Gasteiger charge is -2.11. The van der Waals surface area contributed by atoms with Gasteiger partial charge in [0.05, 0.1) is 11.9 Å². The van der Waals surface area contributed by atoms with E-state index in [0.29, 0.717) is 11.6 Å². The van der Waals surface area contributed by atoms with Crippen molar-refractivity contribution in [2.45, 2.75) is 6.04 Å². The molecular weight excluding hydrogens is 273 g/mol. The van der Waals surface area contributed by atoms with Crippen LogP contribution in [0.3, 0.4) is 0 Å². The molecule has 5 nitrogen and oxygen atoms in total. The molecule has 0 spiro atoms. The fourth-order valence-electron chi connectivity index (χ4n) is 1.59. The van der Waals surface area contributed by atoms with Crippen molar-refractivity contribution in [3.63, 3.8) is 0 Å². The molecule has 0 radical (unpaired) electrons. The molecule has 8 heteroatoms. The average Bonchev–Trinajstić information content (AvgIpc) is 2.85. The molecule has 0 fully saturated rings. The van der Waals surface area contributed by atoms with Gasteiger partial charge in [0.1, 0.15) is 6.04 Å². The smallest absolute Gasteiger partial charge is 0.246 e. The van der Waals surface area contributed by atoms with Crippen molar-refractivity contribution < 1.29 is 18.0 Å². The van der Waals surface area contributed by atoms with Crippen molar-refractivity contribution in [1.82, 2.24) is 9.78 Å². The van der Waals surface area contributed by atoms with Gasteiger partial charge in [-0.15, -0.1) is 0 Å². The maximum atomic E-state index is 13.4. The Labute approximate surface area is 112 Å². The lowest BCUT2D eigenvalue weighted by Crippen LogP contribution is -2.28. The summed E-state index contributed by atoms with van der Waals surface area (Å²) in [4.78, 5) is 11.8. The Hall–Kier alpha value is -2.35. The lowest BCUT2D eigenvalue weighted by molar-refractivity contribution is -0.117. The topological polar surface area (TPSA) is 72.9 Å². The van der Waals surface area contributed by atoms with E-state index in [1.165, 1.54) is 17.1 Å². The molecule has 0 saturated heterocycles. The Morgan fingerprint density at radius 3 is 2.65 bits per heavy atom. The molecule has 0 saturated carbocycles. The zero-order valence-corrected chi connectivity index (χ0v) is 10.4. The van der Waals surface area contributed by atoms with Gasteiger partial charge in [-0.2, -0.15) is 5.10 Å². The Kier molecular flexibility index (Phi) is 3.75. The predicted octanol–water partition coefficient (Wildman–Crippen LogP) is 1.48. The summed E-state index contributed by atoms with van der Waals surface area (Å²) in [6.45, 7) is 0. The van der Waals surface area contributed by atoms with Crippen LogP contribution in [-0.2, 0) is 11.8 Å². The van der Waals surface area contributed by atoms with E-state index < -0.39 is 35.1 Å². The van der Waals surface area contributed by atoms with Gasteiger partial charge in [0.15, 0.2) is 17.5 Å². The van der Waals surface area contributed by atoms with E-state index in [1.54, 1.807) is 7.05 Å². The number of carbonyl (C=O) groups is 1.